The fraction of sp³-hybridized carbons (Fsp3) is 0.917. The first-order valence-corrected chi connectivity index (χ1v) is 6.07. The van der Waals surface area contributed by atoms with E-state index in [2.05, 4.69) is 0 Å². The number of hydrogen-bond acceptors (Lipinski definition) is 1. The zero-order chi connectivity index (χ0) is 12.4. The van der Waals surface area contributed by atoms with E-state index in [0.717, 1.165) is 12.8 Å². The van der Waals surface area contributed by atoms with Gasteiger partial charge in [-0.25, -0.2) is 8.78 Å². The lowest BCUT2D eigenvalue weighted by Gasteiger charge is -2.12. The summed E-state index contributed by atoms with van der Waals surface area (Å²) in [5.41, 5.74) is 0. The van der Waals surface area contributed by atoms with Crippen molar-refractivity contribution < 1.29 is 18.7 Å². The minimum Gasteiger partial charge on any atom is -0.481 e. The molecule has 4 heteroatoms. The van der Waals surface area contributed by atoms with Gasteiger partial charge < -0.3 is 5.11 Å². The number of aliphatic carboxylic acids is 1. The molecule has 0 bridgehead atoms. The molecule has 0 saturated carbocycles. The Morgan fingerprint density at radius 3 is 2.12 bits per heavy atom. The summed E-state index contributed by atoms with van der Waals surface area (Å²) in [5.74, 6) is -0.830. The lowest BCUT2D eigenvalue weighted by atomic mass is 10.0. The minimum absolute atomic E-state index is 0.117. The number of rotatable bonds is 10. The van der Waals surface area contributed by atoms with E-state index < -0.39 is 18.3 Å². The van der Waals surface area contributed by atoms with Gasteiger partial charge in [0.25, 0.3) is 0 Å². The first-order valence-electron chi connectivity index (χ1n) is 6.07. The molecule has 0 rings (SSSR count). The number of carbonyl (C=O) groups is 1. The van der Waals surface area contributed by atoms with Crippen molar-refractivity contribution in [3.8, 4) is 0 Å². The Morgan fingerprint density at radius 1 is 1.06 bits per heavy atom. The van der Waals surface area contributed by atoms with Gasteiger partial charge in [-0.1, -0.05) is 32.6 Å². The molecule has 0 aromatic heterocycles. The van der Waals surface area contributed by atoms with Crippen molar-refractivity contribution in [3.63, 3.8) is 0 Å². The Morgan fingerprint density at radius 2 is 1.62 bits per heavy atom. The minimum atomic E-state index is -1.38. The molecule has 16 heavy (non-hydrogen) atoms. The summed E-state index contributed by atoms with van der Waals surface area (Å²) in [7, 11) is 0. The van der Waals surface area contributed by atoms with Crippen LogP contribution in [0.3, 0.4) is 0 Å². The summed E-state index contributed by atoms with van der Waals surface area (Å²) in [4.78, 5) is 10.2. The molecule has 2 nitrogen and oxygen atoms in total. The van der Waals surface area contributed by atoms with Gasteiger partial charge in [0, 0.05) is 6.42 Å². The molecule has 0 fully saturated rings. The second-order valence-electron chi connectivity index (χ2n) is 4.17. The average Bonchev–Trinajstić information content (AvgIpc) is 2.24. The van der Waals surface area contributed by atoms with Crippen LogP contribution in [0.15, 0.2) is 0 Å². The Labute approximate surface area is 96.0 Å². The first kappa shape index (κ1) is 15.3. The topological polar surface area (TPSA) is 37.3 Å². The highest BCUT2D eigenvalue weighted by atomic mass is 19.2. The maximum atomic E-state index is 13.2. The fourth-order valence-electron chi connectivity index (χ4n) is 1.55. The van der Waals surface area contributed by atoms with E-state index >= 15 is 0 Å². The van der Waals surface area contributed by atoms with Crippen molar-refractivity contribution in [1.82, 2.24) is 0 Å². The third kappa shape index (κ3) is 8.62. The third-order valence-corrected chi connectivity index (χ3v) is 2.60. The lowest BCUT2D eigenvalue weighted by molar-refractivity contribution is -0.137. The van der Waals surface area contributed by atoms with Crippen LogP contribution in [0, 0.1) is 0 Å². The molecule has 0 aliphatic rings. The number of halogens is 2. The van der Waals surface area contributed by atoms with Crippen LogP contribution in [0.1, 0.15) is 58.3 Å². The van der Waals surface area contributed by atoms with E-state index in [1.807, 2.05) is 6.92 Å². The molecule has 2 unspecified atom stereocenters. The van der Waals surface area contributed by atoms with Crippen LogP contribution in [0.4, 0.5) is 8.78 Å². The second kappa shape index (κ2) is 9.55. The van der Waals surface area contributed by atoms with Gasteiger partial charge in [-0.2, -0.15) is 0 Å². The maximum Gasteiger partial charge on any atom is 0.303 e. The monoisotopic (exact) mass is 236 g/mol. The summed E-state index contributed by atoms with van der Waals surface area (Å²) >= 11 is 0. The van der Waals surface area contributed by atoms with Crippen molar-refractivity contribution in [1.29, 1.82) is 0 Å². The van der Waals surface area contributed by atoms with Crippen molar-refractivity contribution in [3.05, 3.63) is 0 Å². The summed E-state index contributed by atoms with van der Waals surface area (Å²) in [6.07, 6.45) is 1.29. The number of carboxylic acid groups (broad SMARTS) is 1. The van der Waals surface area contributed by atoms with Crippen molar-refractivity contribution in [2.75, 3.05) is 0 Å². The molecule has 1 N–H and O–H groups in total. The zero-order valence-corrected chi connectivity index (χ0v) is 9.92. The summed E-state index contributed by atoms with van der Waals surface area (Å²) in [6.45, 7) is 1.95. The van der Waals surface area contributed by atoms with E-state index in [1.165, 1.54) is 0 Å². The number of unbranched alkanes of at least 4 members (excludes halogenated alkanes) is 3. The number of alkyl halides is 2. The third-order valence-electron chi connectivity index (χ3n) is 2.60. The smallest absolute Gasteiger partial charge is 0.303 e. The van der Waals surface area contributed by atoms with Gasteiger partial charge in [-0.05, 0) is 19.3 Å². The molecule has 2 atom stereocenters. The lowest BCUT2D eigenvalue weighted by Crippen LogP contribution is -2.17. The molecule has 0 aromatic rings. The number of carboxylic acids is 1. The molecule has 0 heterocycles. The normalized spacial score (nSPS) is 14.7. The van der Waals surface area contributed by atoms with Crippen LogP contribution in [0.25, 0.3) is 0 Å². The molecule has 0 aliphatic heterocycles. The SMILES string of the molecule is CCCCC(F)C(F)CCCCCC(=O)O. The van der Waals surface area contributed by atoms with Crippen LogP contribution in [-0.4, -0.2) is 23.4 Å². The Hall–Kier alpha value is -0.670. The predicted molar refractivity (Wildman–Crippen MR) is 60.0 cm³/mol. The quantitative estimate of drug-likeness (QED) is 0.584. The van der Waals surface area contributed by atoms with Crippen LogP contribution in [-0.2, 0) is 4.79 Å². The predicted octanol–water partition coefficient (Wildman–Crippen LogP) is 3.89. The largest absolute Gasteiger partial charge is 0.481 e. The molecular weight excluding hydrogens is 214 g/mol. The van der Waals surface area contributed by atoms with Crippen LogP contribution in [0.5, 0.6) is 0 Å². The molecule has 0 aromatic carbocycles. The van der Waals surface area contributed by atoms with Gasteiger partial charge in [-0.3, -0.25) is 4.79 Å². The van der Waals surface area contributed by atoms with Gasteiger partial charge in [0.05, 0.1) is 0 Å². The molecule has 0 spiro atoms. The first-order chi connectivity index (χ1) is 7.57. The standard InChI is InChI=1S/C12H22F2O2/c1-2-3-7-10(13)11(14)8-5-4-6-9-12(15)16/h10-11H,2-9H2,1H3,(H,15,16). The zero-order valence-electron chi connectivity index (χ0n) is 9.92. The Balaban J connectivity index is 3.41. The molecule has 0 amide bonds. The number of hydrogen-bond donors (Lipinski definition) is 1. The van der Waals surface area contributed by atoms with E-state index in [-0.39, 0.29) is 12.8 Å². The molecular formula is C12H22F2O2. The molecule has 0 radical (unpaired) electrons. The molecule has 96 valence electrons. The summed E-state index contributed by atoms with van der Waals surface area (Å²) < 4.78 is 26.4. The molecule has 0 saturated heterocycles. The van der Waals surface area contributed by atoms with Crippen LogP contribution in [0.2, 0.25) is 0 Å². The van der Waals surface area contributed by atoms with E-state index in [1.54, 1.807) is 0 Å². The van der Waals surface area contributed by atoms with Gasteiger partial charge in [0.2, 0.25) is 0 Å². The highest BCUT2D eigenvalue weighted by molar-refractivity contribution is 5.66. The van der Waals surface area contributed by atoms with Crippen molar-refractivity contribution in [2.24, 2.45) is 0 Å². The van der Waals surface area contributed by atoms with Gasteiger partial charge in [-0.15, -0.1) is 0 Å². The van der Waals surface area contributed by atoms with Crippen LogP contribution < -0.4 is 0 Å². The van der Waals surface area contributed by atoms with Gasteiger partial charge >= 0.3 is 5.97 Å². The summed E-state index contributed by atoms with van der Waals surface area (Å²) in [5, 5.41) is 8.37. The Bertz CT molecular complexity index is 186. The van der Waals surface area contributed by atoms with Gasteiger partial charge in [0.1, 0.15) is 12.3 Å². The highest BCUT2D eigenvalue weighted by Gasteiger charge is 2.18. The van der Waals surface area contributed by atoms with E-state index in [0.29, 0.717) is 25.7 Å². The highest BCUT2D eigenvalue weighted by Crippen LogP contribution is 2.18. The fourth-order valence-corrected chi connectivity index (χ4v) is 1.55. The van der Waals surface area contributed by atoms with Crippen molar-refractivity contribution in [2.45, 2.75) is 70.6 Å². The maximum absolute atomic E-state index is 13.2. The Kier molecular flexibility index (Phi) is 9.15. The summed E-state index contributed by atoms with van der Waals surface area (Å²) in [6, 6.07) is 0. The second-order valence-corrected chi connectivity index (χ2v) is 4.17. The average molecular weight is 236 g/mol. The van der Waals surface area contributed by atoms with Gasteiger partial charge in [0.15, 0.2) is 0 Å². The van der Waals surface area contributed by atoms with E-state index in [4.69, 9.17) is 5.11 Å². The molecule has 0 aliphatic carbocycles. The van der Waals surface area contributed by atoms with E-state index in [9.17, 15) is 13.6 Å². The van der Waals surface area contributed by atoms with Crippen LogP contribution >= 0.6 is 0 Å². The van der Waals surface area contributed by atoms with Crippen molar-refractivity contribution >= 4 is 5.97 Å².